The SMILES string of the molecule is Cc1cc(C(=O)N2CSC[C@H]2C(=O)O)sc1C. The summed E-state index contributed by atoms with van der Waals surface area (Å²) in [5, 5.41) is 9.04. The van der Waals surface area contributed by atoms with Crippen molar-refractivity contribution in [3.8, 4) is 0 Å². The summed E-state index contributed by atoms with van der Waals surface area (Å²) in [6, 6.07) is 1.15. The molecule has 1 aliphatic heterocycles. The molecule has 0 unspecified atom stereocenters. The summed E-state index contributed by atoms with van der Waals surface area (Å²) >= 11 is 2.91. The summed E-state index contributed by atoms with van der Waals surface area (Å²) in [4.78, 5) is 26.4. The molecule has 1 N–H and O–H groups in total. The van der Waals surface area contributed by atoms with E-state index in [-0.39, 0.29) is 5.91 Å². The number of thiophene rings is 1. The lowest BCUT2D eigenvalue weighted by Crippen LogP contribution is -2.41. The third kappa shape index (κ3) is 2.32. The highest BCUT2D eigenvalue weighted by Crippen LogP contribution is 2.27. The summed E-state index contributed by atoms with van der Waals surface area (Å²) in [5.74, 6) is -0.145. The molecule has 92 valence electrons. The third-order valence-electron chi connectivity index (χ3n) is 2.80. The molecule has 1 atom stereocenters. The van der Waals surface area contributed by atoms with E-state index in [4.69, 9.17) is 5.11 Å². The molecule has 1 aliphatic rings. The van der Waals surface area contributed by atoms with Gasteiger partial charge in [-0.1, -0.05) is 0 Å². The quantitative estimate of drug-likeness (QED) is 0.893. The van der Waals surface area contributed by atoms with Crippen LogP contribution in [-0.4, -0.2) is 39.6 Å². The number of hydrogen-bond donors (Lipinski definition) is 1. The van der Waals surface area contributed by atoms with Crippen LogP contribution in [0.2, 0.25) is 0 Å². The molecule has 0 aliphatic carbocycles. The number of carbonyl (C=O) groups is 2. The highest BCUT2D eigenvalue weighted by molar-refractivity contribution is 7.99. The van der Waals surface area contributed by atoms with Crippen molar-refractivity contribution in [3.05, 3.63) is 21.4 Å². The van der Waals surface area contributed by atoms with Crippen molar-refractivity contribution in [2.24, 2.45) is 0 Å². The van der Waals surface area contributed by atoms with Crippen LogP contribution in [-0.2, 0) is 4.79 Å². The monoisotopic (exact) mass is 271 g/mol. The normalized spacial score (nSPS) is 19.6. The largest absolute Gasteiger partial charge is 0.480 e. The second kappa shape index (κ2) is 4.70. The molecule has 2 rings (SSSR count). The van der Waals surface area contributed by atoms with Crippen LogP contribution >= 0.6 is 23.1 Å². The standard InChI is InChI=1S/C11H13NO3S2/c1-6-3-9(17-7(6)2)10(13)12-5-16-4-8(12)11(14)15/h3,8H,4-5H2,1-2H3,(H,14,15)/t8-/m0/s1. The maximum Gasteiger partial charge on any atom is 0.327 e. The Morgan fingerprint density at radius 3 is 2.71 bits per heavy atom. The third-order valence-corrected chi connectivity index (χ3v) is 4.96. The minimum Gasteiger partial charge on any atom is -0.480 e. The lowest BCUT2D eigenvalue weighted by atomic mass is 10.2. The van der Waals surface area contributed by atoms with Crippen LogP contribution in [0.4, 0.5) is 0 Å². The van der Waals surface area contributed by atoms with E-state index in [1.807, 2.05) is 19.9 Å². The van der Waals surface area contributed by atoms with E-state index in [1.54, 1.807) is 0 Å². The van der Waals surface area contributed by atoms with Crippen LogP contribution in [0.5, 0.6) is 0 Å². The van der Waals surface area contributed by atoms with Gasteiger partial charge in [0.05, 0.1) is 10.8 Å². The van der Waals surface area contributed by atoms with Crippen molar-refractivity contribution < 1.29 is 14.7 Å². The topological polar surface area (TPSA) is 57.6 Å². The Bertz CT molecular complexity index is 450. The molecule has 0 bridgehead atoms. The lowest BCUT2D eigenvalue weighted by Gasteiger charge is -2.19. The Kier molecular flexibility index (Phi) is 3.44. The van der Waals surface area contributed by atoms with E-state index in [9.17, 15) is 9.59 Å². The van der Waals surface area contributed by atoms with Gasteiger partial charge in [-0.3, -0.25) is 4.79 Å². The molecule has 1 saturated heterocycles. The number of carbonyl (C=O) groups excluding carboxylic acids is 1. The number of rotatable bonds is 2. The van der Waals surface area contributed by atoms with Gasteiger partial charge in [-0.2, -0.15) is 0 Å². The number of carboxylic acid groups (broad SMARTS) is 1. The molecular weight excluding hydrogens is 258 g/mol. The van der Waals surface area contributed by atoms with E-state index in [2.05, 4.69) is 0 Å². The molecule has 0 spiro atoms. The number of thioether (sulfide) groups is 1. The van der Waals surface area contributed by atoms with Crippen LogP contribution in [0.3, 0.4) is 0 Å². The molecule has 1 aromatic heterocycles. The summed E-state index contributed by atoms with van der Waals surface area (Å²) in [5.41, 5.74) is 1.08. The Hall–Kier alpha value is -1.01. The minimum atomic E-state index is -0.923. The highest BCUT2D eigenvalue weighted by atomic mass is 32.2. The Morgan fingerprint density at radius 2 is 2.18 bits per heavy atom. The average molecular weight is 271 g/mol. The first-order valence-electron chi connectivity index (χ1n) is 5.19. The number of aliphatic carboxylic acids is 1. The van der Waals surface area contributed by atoms with Crippen LogP contribution in [0, 0.1) is 13.8 Å². The molecule has 2 heterocycles. The number of nitrogens with zero attached hydrogens (tertiary/aromatic N) is 1. The van der Waals surface area contributed by atoms with Crippen LogP contribution in [0.1, 0.15) is 20.1 Å². The fourth-order valence-electron chi connectivity index (χ4n) is 1.67. The number of amides is 1. The number of aryl methyl sites for hydroxylation is 2. The fraction of sp³-hybridized carbons (Fsp3) is 0.455. The molecule has 4 nitrogen and oxygen atoms in total. The Labute approximate surface area is 108 Å². The van der Waals surface area contributed by atoms with Gasteiger partial charge in [0.2, 0.25) is 0 Å². The highest BCUT2D eigenvalue weighted by Gasteiger charge is 2.35. The second-order valence-electron chi connectivity index (χ2n) is 3.98. The molecule has 0 saturated carbocycles. The van der Waals surface area contributed by atoms with Gasteiger partial charge < -0.3 is 10.0 Å². The summed E-state index contributed by atoms with van der Waals surface area (Å²) in [6.07, 6.45) is 0. The predicted molar refractivity (Wildman–Crippen MR) is 68.7 cm³/mol. The number of hydrogen-bond acceptors (Lipinski definition) is 4. The Balaban J connectivity index is 2.22. The smallest absolute Gasteiger partial charge is 0.327 e. The van der Waals surface area contributed by atoms with Crippen LogP contribution in [0.15, 0.2) is 6.07 Å². The summed E-state index contributed by atoms with van der Waals surface area (Å²) in [6.45, 7) is 3.92. The summed E-state index contributed by atoms with van der Waals surface area (Å²) in [7, 11) is 0. The average Bonchev–Trinajstić information content (AvgIpc) is 2.85. The van der Waals surface area contributed by atoms with E-state index in [0.717, 1.165) is 10.4 Å². The first-order valence-corrected chi connectivity index (χ1v) is 7.16. The van der Waals surface area contributed by atoms with E-state index in [1.165, 1.54) is 28.0 Å². The van der Waals surface area contributed by atoms with Crippen molar-refractivity contribution >= 4 is 35.0 Å². The van der Waals surface area contributed by atoms with Gasteiger partial charge in [0, 0.05) is 10.6 Å². The maximum absolute atomic E-state index is 12.2. The zero-order valence-corrected chi connectivity index (χ0v) is 11.2. The first-order chi connectivity index (χ1) is 8.00. The van der Waals surface area contributed by atoms with Crippen LogP contribution in [0.25, 0.3) is 0 Å². The second-order valence-corrected chi connectivity index (χ2v) is 6.23. The first kappa shape index (κ1) is 12.4. The predicted octanol–water partition coefficient (Wildman–Crippen LogP) is 1.96. The molecular formula is C11H13NO3S2. The summed E-state index contributed by atoms with van der Waals surface area (Å²) < 4.78 is 0. The van der Waals surface area contributed by atoms with Crippen molar-refractivity contribution in [2.45, 2.75) is 19.9 Å². The van der Waals surface area contributed by atoms with Gasteiger partial charge in [-0.15, -0.1) is 23.1 Å². The number of carboxylic acids is 1. The van der Waals surface area contributed by atoms with Gasteiger partial charge in [0.1, 0.15) is 6.04 Å². The van der Waals surface area contributed by atoms with Gasteiger partial charge in [-0.05, 0) is 25.5 Å². The van der Waals surface area contributed by atoms with E-state index < -0.39 is 12.0 Å². The van der Waals surface area contributed by atoms with E-state index in [0.29, 0.717) is 16.5 Å². The molecule has 1 fully saturated rings. The van der Waals surface area contributed by atoms with E-state index >= 15 is 0 Å². The van der Waals surface area contributed by atoms with Crippen molar-refractivity contribution in [1.29, 1.82) is 0 Å². The maximum atomic E-state index is 12.2. The minimum absolute atomic E-state index is 0.163. The zero-order chi connectivity index (χ0) is 12.6. The molecule has 17 heavy (non-hydrogen) atoms. The lowest BCUT2D eigenvalue weighted by molar-refractivity contribution is -0.140. The van der Waals surface area contributed by atoms with Gasteiger partial charge in [0.15, 0.2) is 0 Å². The molecule has 0 radical (unpaired) electrons. The molecule has 1 aromatic rings. The molecule has 0 aromatic carbocycles. The van der Waals surface area contributed by atoms with Gasteiger partial charge in [0.25, 0.3) is 5.91 Å². The molecule has 1 amide bonds. The van der Waals surface area contributed by atoms with Crippen LogP contribution < -0.4 is 0 Å². The van der Waals surface area contributed by atoms with Crippen molar-refractivity contribution in [1.82, 2.24) is 4.90 Å². The van der Waals surface area contributed by atoms with Crippen molar-refractivity contribution in [2.75, 3.05) is 11.6 Å². The van der Waals surface area contributed by atoms with Gasteiger partial charge in [-0.25, -0.2) is 4.79 Å². The fourth-order valence-corrected chi connectivity index (χ4v) is 3.80. The zero-order valence-electron chi connectivity index (χ0n) is 9.60. The van der Waals surface area contributed by atoms with Gasteiger partial charge >= 0.3 is 5.97 Å². The molecule has 6 heteroatoms. The van der Waals surface area contributed by atoms with Crippen molar-refractivity contribution in [3.63, 3.8) is 0 Å². The Morgan fingerprint density at radius 1 is 1.47 bits per heavy atom.